The van der Waals surface area contributed by atoms with Crippen LogP contribution in [0.2, 0.25) is 0 Å². The van der Waals surface area contributed by atoms with Gasteiger partial charge in [0.25, 0.3) is 0 Å². The Hall–Kier alpha value is -5.92. The van der Waals surface area contributed by atoms with Crippen LogP contribution in [0.3, 0.4) is 0 Å². The van der Waals surface area contributed by atoms with Crippen LogP contribution in [0.15, 0.2) is 144 Å². The van der Waals surface area contributed by atoms with Crippen LogP contribution in [0.1, 0.15) is 42.7 Å². The van der Waals surface area contributed by atoms with E-state index < -0.39 is 0 Å². The van der Waals surface area contributed by atoms with E-state index >= 15 is 0 Å². The number of hydrogen-bond acceptors (Lipinski definition) is 1. The minimum atomic E-state index is -0.140. The molecule has 0 fully saturated rings. The van der Waals surface area contributed by atoms with Crippen molar-refractivity contribution in [2.45, 2.75) is 32.1 Å². The van der Waals surface area contributed by atoms with E-state index in [0.717, 1.165) is 24.2 Å². The van der Waals surface area contributed by atoms with E-state index in [2.05, 4.69) is 159 Å². The average Bonchev–Trinajstić information content (AvgIpc) is 3.65. The predicted octanol–water partition coefficient (Wildman–Crippen LogP) is 13.6. The second kappa shape index (κ2) is 10.1. The number of allylic oxidation sites excluding steroid dienone is 1. The summed E-state index contributed by atoms with van der Waals surface area (Å²) in [5, 5.41) is 11.6. The zero-order valence-corrected chi connectivity index (χ0v) is 28.2. The second-order valence-corrected chi connectivity index (χ2v) is 14.7. The number of hydrogen-bond donors (Lipinski definition) is 0. The van der Waals surface area contributed by atoms with Gasteiger partial charge in [-0.25, -0.2) is 0 Å². The molecule has 0 aliphatic heterocycles. The molecular formula is C49H34O. The van der Waals surface area contributed by atoms with Crippen LogP contribution in [0, 0.1) is 0 Å². The molecular weight excluding hydrogens is 605 g/mol. The van der Waals surface area contributed by atoms with E-state index in [4.69, 9.17) is 4.42 Å². The fourth-order valence-corrected chi connectivity index (χ4v) is 9.37. The molecule has 0 bridgehead atoms. The molecule has 1 heterocycles. The SMILES string of the molecule is CC1(C)c2cc(-c3c4ccccc4c(-c4ccc5ccccc5c4)c4ccccc34)ccc2-c2c1ccc1c2ccc2oc3c(c21)CCC=C3. The maximum absolute atomic E-state index is 6.33. The molecule has 2 aliphatic rings. The maximum atomic E-state index is 6.33. The summed E-state index contributed by atoms with van der Waals surface area (Å²) in [7, 11) is 0. The highest BCUT2D eigenvalue weighted by Gasteiger charge is 2.37. The normalized spacial score (nSPS) is 14.5. The van der Waals surface area contributed by atoms with E-state index in [-0.39, 0.29) is 5.41 Å². The van der Waals surface area contributed by atoms with Gasteiger partial charge in [0.1, 0.15) is 11.3 Å². The summed E-state index contributed by atoms with van der Waals surface area (Å²) in [6, 6.07) is 50.0. The second-order valence-electron chi connectivity index (χ2n) is 14.7. The van der Waals surface area contributed by atoms with Crippen molar-refractivity contribution in [3.8, 4) is 33.4 Å². The highest BCUT2D eigenvalue weighted by Crippen LogP contribution is 2.54. The lowest BCUT2D eigenvalue weighted by atomic mass is 9.80. The van der Waals surface area contributed by atoms with Gasteiger partial charge in [-0.2, -0.15) is 0 Å². The van der Waals surface area contributed by atoms with Crippen LogP contribution >= 0.6 is 0 Å². The van der Waals surface area contributed by atoms with Gasteiger partial charge in [0, 0.05) is 16.4 Å². The summed E-state index contributed by atoms with van der Waals surface area (Å²) in [5.41, 5.74) is 12.8. The van der Waals surface area contributed by atoms with Crippen molar-refractivity contribution in [1.82, 2.24) is 0 Å². The molecule has 0 saturated heterocycles. The molecule has 0 unspecified atom stereocenters. The zero-order valence-electron chi connectivity index (χ0n) is 28.2. The molecule has 50 heavy (non-hydrogen) atoms. The highest BCUT2D eigenvalue weighted by atomic mass is 16.3. The van der Waals surface area contributed by atoms with Gasteiger partial charge < -0.3 is 4.42 Å². The molecule has 236 valence electrons. The van der Waals surface area contributed by atoms with Gasteiger partial charge in [-0.15, -0.1) is 0 Å². The Bertz CT molecular complexity index is 2890. The Morgan fingerprint density at radius 2 is 1.14 bits per heavy atom. The molecule has 0 spiro atoms. The molecule has 0 N–H and O–H groups in total. The number of furan rings is 1. The predicted molar refractivity (Wildman–Crippen MR) is 212 cm³/mol. The minimum absolute atomic E-state index is 0.140. The lowest BCUT2D eigenvalue weighted by Gasteiger charge is -2.23. The lowest BCUT2D eigenvalue weighted by molar-refractivity contribution is 0.595. The largest absolute Gasteiger partial charge is 0.456 e. The van der Waals surface area contributed by atoms with Gasteiger partial charge in [-0.3, -0.25) is 0 Å². The fourth-order valence-electron chi connectivity index (χ4n) is 9.37. The zero-order chi connectivity index (χ0) is 33.1. The number of aryl methyl sites for hydroxylation is 1. The van der Waals surface area contributed by atoms with Crippen LogP contribution in [0.5, 0.6) is 0 Å². The first-order chi connectivity index (χ1) is 24.6. The van der Waals surface area contributed by atoms with E-state index in [1.54, 1.807) is 0 Å². The van der Waals surface area contributed by atoms with Gasteiger partial charge in [0.2, 0.25) is 0 Å². The molecule has 0 saturated carbocycles. The molecule has 1 nitrogen and oxygen atoms in total. The summed E-state index contributed by atoms with van der Waals surface area (Å²) in [4.78, 5) is 0. The Morgan fingerprint density at radius 3 is 1.88 bits per heavy atom. The standard InChI is InChI=1S/C49H34O/c1-49(2)41-25-23-38-37(24-26-44-48(38)40-17-9-10-18-43(40)50-44)47(41)39-22-21-32(28-42(39)49)46-35-15-7-5-13-33(35)45(34-14-6-8-16-36(34)46)31-20-19-29-11-3-4-12-30(29)27-31/h3-8,10-16,18-28H,9,17H2,1-2H3. The third kappa shape index (κ3) is 3.72. The molecule has 9 aromatic rings. The first-order valence-corrected chi connectivity index (χ1v) is 17.8. The van der Waals surface area contributed by atoms with Crippen molar-refractivity contribution in [3.05, 3.63) is 162 Å². The van der Waals surface area contributed by atoms with Gasteiger partial charge in [0.05, 0.1) is 0 Å². The Kier molecular flexibility index (Phi) is 5.63. The molecule has 1 aromatic heterocycles. The van der Waals surface area contributed by atoms with Crippen LogP contribution < -0.4 is 0 Å². The number of benzene rings is 8. The van der Waals surface area contributed by atoms with E-state index in [0.29, 0.717) is 0 Å². The molecule has 1 heteroatoms. The van der Waals surface area contributed by atoms with Gasteiger partial charge in [-0.05, 0) is 131 Å². The van der Waals surface area contributed by atoms with Crippen LogP contribution in [-0.2, 0) is 11.8 Å². The topological polar surface area (TPSA) is 13.1 Å². The van der Waals surface area contributed by atoms with Gasteiger partial charge in [0.15, 0.2) is 0 Å². The number of rotatable bonds is 2. The molecule has 0 atom stereocenters. The lowest BCUT2D eigenvalue weighted by Crippen LogP contribution is -2.15. The summed E-state index contributed by atoms with van der Waals surface area (Å²) in [6.45, 7) is 4.80. The molecule has 0 amide bonds. The smallest absolute Gasteiger partial charge is 0.135 e. The summed E-state index contributed by atoms with van der Waals surface area (Å²) < 4.78 is 6.33. The van der Waals surface area contributed by atoms with Crippen molar-refractivity contribution in [2.24, 2.45) is 0 Å². The molecule has 0 radical (unpaired) electrons. The van der Waals surface area contributed by atoms with Crippen molar-refractivity contribution in [1.29, 1.82) is 0 Å². The molecule has 11 rings (SSSR count). The maximum Gasteiger partial charge on any atom is 0.135 e. The Morgan fingerprint density at radius 1 is 0.520 bits per heavy atom. The van der Waals surface area contributed by atoms with E-state index in [1.807, 2.05) is 0 Å². The van der Waals surface area contributed by atoms with Gasteiger partial charge >= 0.3 is 0 Å². The van der Waals surface area contributed by atoms with Crippen molar-refractivity contribution in [3.63, 3.8) is 0 Å². The first-order valence-electron chi connectivity index (χ1n) is 17.8. The van der Waals surface area contributed by atoms with Crippen molar-refractivity contribution in [2.75, 3.05) is 0 Å². The van der Waals surface area contributed by atoms with E-state index in [9.17, 15) is 0 Å². The molecule has 2 aliphatic carbocycles. The Labute approximate surface area is 291 Å². The quantitative estimate of drug-likeness (QED) is 0.172. The van der Waals surface area contributed by atoms with Crippen LogP contribution in [-0.4, -0.2) is 0 Å². The minimum Gasteiger partial charge on any atom is -0.456 e. The summed E-state index contributed by atoms with van der Waals surface area (Å²) in [6.07, 6.45) is 6.47. The van der Waals surface area contributed by atoms with Crippen LogP contribution in [0.4, 0.5) is 0 Å². The average molecular weight is 639 g/mol. The van der Waals surface area contributed by atoms with Crippen molar-refractivity contribution >= 4 is 60.1 Å². The monoisotopic (exact) mass is 638 g/mol. The van der Waals surface area contributed by atoms with Crippen molar-refractivity contribution < 1.29 is 4.42 Å². The first kappa shape index (κ1) is 28.0. The highest BCUT2D eigenvalue weighted by molar-refractivity contribution is 6.22. The fraction of sp³-hybridized carbons (Fsp3) is 0.102. The summed E-state index contributed by atoms with van der Waals surface area (Å²) >= 11 is 0. The third-order valence-electron chi connectivity index (χ3n) is 11.7. The third-order valence-corrected chi connectivity index (χ3v) is 11.7. The number of fused-ring (bicyclic) bond motifs is 12. The summed E-state index contributed by atoms with van der Waals surface area (Å²) in [5.74, 6) is 1.02. The Balaban J connectivity index is 1.15. The van der Waals surface area contributed by atoms with E-state index in [1.165, 1.54) is 98.5 Å². The molecule has 8 aromatic carbocycles. The van der Waals surface area contributed by atoms with Crippen LogP contribution in [0.25, 0.3) is 93.5 Å². The van der Waals surface area contributed by atoms with Gasteiger partial charge in [-0.1, -0.05) is 129 Å².